The van der Waals surface area contributed by atoms with Crippen molar-refractivity contribution in [3.63, 3.8) is 0 Å². The van der Waals surface area contributed by atoms with Crippen molar-refractivity contribution in [3.05, 3.63) is 18.2 Å². The molecule has 4 heteroatoms. The van der Waals surface area contributed by atoms with Crippen LogP contribution in [0.1, 0.15) is 33.1 Å². The molecule has 0 spiro atoms. The van der Waals surface area contributed by atoms with Crippen LogP contribution in [0.2, 0.25) is 0 Å². The van der Waals surface area contributed by atoms with Crippen molar-refractivity contribution in [2.75, 3.05) is 12.3 Å². The molecule has 0 aliphatic carbocycles. The molecule has 3 rings (SSSR count). The lowest BCUT2D eigenvalue weighted by Crippen LogP contribution is -2.48. The molecule has 19 heavy (non-hydrogen) atoms. The smallest absolute Gasteiger partial charge is 0.153 e. The molecule has 4 nitrogen and oxygen atoms in total. The first-order valence-electron chi connectivity index (χ1n) is 7.06. The van der Waals surface area contributed by atoms with Crippen LogP contribution >= 0.6 is 0 Å². The average Bonchev–Trinajstić information content (AvgIpc) is 2.39. The van der Waals surface area contributed by atoms with Gasteiger partial charge in [0.2, 0.25) is 0 Å². The molecule has 1 fully saturated rings. The van der Waals surface area contributed by atoms with Gasteiger partial charge in [-0.1, -0.05) is 0 Å². The van der Waals surface area contributed by atoms with Gasteiger partial charge in [0.15, 0.2) is 6.10 Å². The fourth-order valence-electron chi connectivity index (χ4n) is 2.91. The zero-order chi connectivity index (χ0) is 13.4. The van der Waals surface area contributed by atoms with Gasteiger partial charge in [-0.25, -0.2) is 4.99 Å². The van der Waals surface area contributed by atoms with E-state index in [9.17, 15) is 0 Å². The minimum absolute atomic E-state index is 0.00477. The number of amidine groups is 1. The van der Waals surface area contributed by atoms with Gasteiger partial charge in [-0.3, -0.25) is 0 Å². The summed E-state index contributed by atoms with van der Waals surface area (Å²) in [6.07, 6.45) is 3.79. The molecule has 1 aromatic carbocycles. The number of hydrogen-bond donors (Lipinski definition) is 1. The molecule has 1 saturated heterocycles. The van der Waals surface area contributed by atoms with Crippen LogP contribution in [0.3, 0.4) is 0 Å². The summed E-state index contributed by atoms with van der Waals surface area (Å²) in [6.45, 7) is 5.41. The van der Waals surface area contributed by atoms with Gasteiger partial charge in [-0.15, -0.1) is 0 Å². The maximum atomic E-state index is 5.97. The molecule has 0 bridgehead atoms. The Kier molecular flexibility index (Phi) is 3.09. The van der Waals surface area contributed by atoms with Crippen LogP contribution < -0.4 is 10.5 Å². The number of hydrogen-bond acceptors (Lipinski definition) is 4. The van der Waals surface area contributed by atoms with Gasteiger partial charge in [-0.05, 0) is 45.2 Å². The summed E-state index contributed by atoms with van der Waals surface area (Å²) in [5.74, 6) is 1.85. The van der Waals surface area contributed by atoms with E-state index in [0.29, 0.717) is 6.04 Å². The Labute approximate surface area is 114 Å². The second-order valence-corrected chi connectivity index (χ2v) is 5.50. The Morgan fingerprint density at radius 2 is 2.16 bits per heavy atom. The van der Waals surface area contributed by atoms with Crippen molar-refractivity contribution in [1.29, 1.82) is 0 Å². The number of rotatable bonds is 0. The maximum Gasteiger partial charge on any atom is 0.153 e. The van der Waals surface area contributed by atoms with Crippen LogP contribution in [0, 0.1) is 0 Å². The second kappa shape index (κ2) is 4.76. The first-order chi connectivity index (χ1) is 9.15. The Morgan fingerprint density at radius 3 is 2.95 bits per heavy atom. The van der Waals surface area contributed by atoms with Gasteiger partial charge >= 0.3 is 0 Å². The lowest BCUT2D eigenvalue weighted by atomic mass is 10.0. The minimum atomic E-state index is -0.00477. The molecule has 102 valence electrons. The standard InChI is InChI=1S/C15H21N3O/c1-10-5-3-4-8-18(10)15-11(2)19-14-9-12(16)6-7-13(14)17-15/h6-7,9-11H,3-5,8,16H2,1-2H3. The third-order valence-electron chi connectivity index (χ3n) is 3.98. The molecule has 2 N–H and O–H groups in total. The molecule has 0 amide bonds. The van der Waals surface area contributed by atoms with Gasteiger partial charge in [0.1, 0.15) is 17.3 Å². The summed E-state index contributed by atoms with van der Waals surface area (Å²) in [6, 6.07) is 6.21. The van der Waals surface area contributed by atoms with E-state index in [4.69, 9.17) is 15.5 Å². The first-order valence-corrected chi connectivity index (χ1v) is 7.06. The van der Waals surface area contributed by atoms with Crippen molar-refractivity contribution >= 4 is 17.2 Å². The molecule has 2 atom stereocenters. The summed E-state index contributed by atoms with van der Waals surface area (Å²) >= 11 is 0. The SMILES string of the molecule is CC1Oc2cc(N)ccc2N=C1N1CCCCC1C. The summed E-state index contributed by atoms with van der Waals surface area (Å²) in [5, 5.41) is 0. The predicted molar refractivity (Wildman–Crippen MR) is 78.1 cm³/mol. The molecule has 1 aromatic rings. The quantitative estimate of drug-likeness (QED) is 0.729. The molecule has 0 radical (unpaired) electrons. The molecule has 2 heterocycles. The van der Waals surface area contributed by atoms with E-state index >= 15 is 0 Å². The maximum absolute atomic E-state index is 5.97. The molecule has 0 saturated carbocycles. The zero-order valence-electron chi connectivity index (χ0n) is 11.6. The highest BCUT2D eigenvalue weighted by atomic mass is 16.5. The van der Waals surface area contributed by atoms with Crippen LogP contribution in [-0.4, -0.2) is 29.4 Å². The summed E-state index contributed by atoms with van der Waals surface area (Å²) < 4.78 is 5.97. The molecule has 2 unspecified atom stereocenters. The molecule has 0 aromatic heterocycles. The normalized spacial score (nSPS) is 26.4. The highest BCUT2D eigenvalue weighted by molar-refractivity contribution is 5.91. The van der Waals surface area contributed by atoms with Gasteiger partial charge in [-0.2, -0.15) is 0 Å². The van der Waals surface area contributed by atoms with E-state index in [2.05, 4.69) is 18.7 Å². The third-order valence-corrected chi connectivity index (χ3v) is 3.98. The van der Waals surface area contributed by atoms with Crippen molar-refractivity contribution in [2.24, 2.45) is 4.99 Å². The van der Waals surface area contributed by atoms with E-state index in [1.54, 1.807) is 0 Å². The minimum Gasteiger partial charge on any atom is -0.480 e. The number of piperidine rings is 1. The molecular formula is C15H21N3O. The number of nitrogen functional groups attached to an aromatic ring is 1. The van der Waals surface area contributed by atoms with E-state index in [1.807, 2.05) is 18.2 Å². The number of nitrogens with zero attached hydrogens (tertiary/aromatic N) is 2. The lowest BCUT2D eigenvalue weighted by Gasteiger charge is -2.39. The van der Waals surface area contributed by atoms with E-state index in [-0.39, 0.29) is 6.10 Å². The van der Waals surface area contributed by atoms with Gasteiger partial charge < -0.3 is 15.4 Å². The number of fused-ring (bicyclic) bond motifs is 1. The molecule has 2 aliphatic rings. The third kappa shape index (κ3) is 2.27. The van der Waals surface area contributed by atoms with Crippen molar-refractivity contribution < 1.29 is 4.74 Å². The Balaban J connectivity index is 1.95. The highest BCUT2D eigenvalue weighted by Gasteiger charge is 2.29. The first kappa shape index (κ1) is 12.3. The predicted octanol–water partition coefficient (Wildman–Crippen LogP) is 2.95. The number of anilines is 1. The number of benzene rings is 1. The van der Waals surface area contributed by atoms with E-state index < -0.39 is 0 Å². The van der Waals surface area contributed by atoms with Crippen molar-refractivity contribution in [1.82, 2.24) is 4.90 Å². The summed E-state index contributed by atoms with van der Waals surface area (Å²) in [5.41, 5.74) is 7.40. The Morgan fingerprint density at radius 1 is 1.32 bits per heavy atom. The fourth-order valence-corrected chi connectivity index (χ4v) is 2.91. The Bertz CT molecular complexity index is 512. The molecular weight excluding hydrogens is 238 g/mol. The van der Waals surface area contributed by atoms with Crippen LogP contribution in [0.4, 0.5) is 11.4 Å². The van der Waals surface area contributed by atoms with Gasteiger partial charge in [0, 0.05) is 24.3 Å². The van der Waals surface area contributed by atoms with Gasteiger partial charge in [0.05, 0.1) is 0 Å². The monoisotopic (exact) mass is 259 g/mol. The summed E-state index contributed by atoms with van der Waals surface area (Å²) in [4.78, 5) is 7.20. The topological polar surface area (TPSA) is 50.9 Å². The number of ether oxygens (including phenoxy) is 1. The van der Waals surface area contributed by atoms with Crippen LogP contribution in [0.15, 0.2) is 23.2 Å². The van der Waals surface area contributed by atoms with Gasteiger partial charge in [0.25, 0.3) is 0 Å². The highest BCUT2D eigenvalue weighted by Crippen LogP contribution is 2.35. The Hall–Kier alpha value is -1.71. The largest absolute Gasteiger partial charge is 0.480 e. The average molecular weight is 259 g/mol. The lowest BCUT2D eigenvalue weighted by molar-refractivity contribution is 0.208. The fraction of sp³-hybridized carbons (Fsp3) is 0.533. The number of likely N-dealkylation sites (tertiary alicyclic amines) is 1. The molecule has 2 aliphatic heterocycles. The second-order valence-electron chi connectivity index (χ2n) is 5.50. The van der Waals surface area contributed by atoms with Crippen molar-refractivity contribution in [3.8, 4) is 5.75 Å². The van der Waals surface area contributed by atoms with Crippen LogP contribution in [0.25, 0.3) is 0 Å². The van der Waals surface area contributed by atoms with Crippen molar-refractivity contribution in [2.45, 2.75) is 45.3 Å². The van der Waals surface area contributed by atoms with E-state index in [0.717, 1.165) is 29.5 Å². The van der Waals surface area contributed by atoms with Crippen LogP contribution in [0.5, 0.6) is 5.75 Å². The number of nitrogens with two attached hydrogens (primary N) is 1. The number of aliphatic imine (C=N–C) groups is 1. The zero-order valence-corrected chi connectivity index (χ0v) is 11.6. The van der Waals surface area contributed by atoms with Crippen LogP contribution in [-0.2, 0) is 0 Å². The summed E-state index contributed by atoms with van der Waals surface area (Å²) in [7, 11) is 0. The van der Waals surface area contributed by atoms with E-state index in [1.165, 1.54) is 19.3 Å².